The summed E-state index contributed by atoms with van der Waals surface area (Å²) in [5, 5.41) is 8.97. The summed E-state index contributed by atoms with van der Waals surface area (Å²) in [6, 6.07) is 11.1. The number of urea groups is 1. The van der Waals surface area contributed by atoms with E-state index in [9.17, 15) is 22.8 Å². The molecule has 1 aliphatic rings. The highest BCUT2D eigenvalue weighted by molar-refractivity contribution is 5.97. The number of Topliss-reactive ketones (excluding diaryl/α,β-unsaturated/α-hetero) is 1. The second-order valence-electron chi connectivity index (χ2n) is 6.76. The molecule has 1 fully saturated rings. The number of para-hydroxylation sites is 2. The molecule has 1 saturated heterocycles. The lowest BCUT2D eigenvalue weighted by molar-refractivity contribution is -0.274. The number of anilines is 1. The molecule has 7 nitrogen and oxygen atoms in total. The first-order chi connectivity index (χ1) is 14.8. The van der Waals surface area contributed by atoms with E-state index in [2.05, 4.69) is 4.74 Å². The van der Waals surface area contributed by atoms with Crippen molar-refractivity contribution in [3.8, 4) is 5.75 Å². The van der Waals surface area contributed by atoms with Gasteiger partial charge in [-0.15, -0.1) is 13.2 Å². The van der Waals surface area contributed by atoms with Crippen LogP contribution in [0, 0.1) is 0 Å². The molecule has 0 unspecified atom stereocenters. The first-order valence-electron chi connectivity index (χ1n) is 9.50. The van der Waals surface area contributed by atoms with Crippen molar-refractivity contribution in [1.29, 1.82) is 0 Å². The van der Waals surface area contributed by atoms with Crippen LogP contribution < -0.4 is 9.64 Å². The number of ether oxygens (including phenoxy) is 2. The van der Waals surface area contributed by atoms with Crippen LogP contribution >= 0.6 is 0 Å². The smallest absolute Gasteiger partial charge is 0.404 e. The Labute approximate surface area is 176 Å². The summed E-state index contributed by atoms with van der Waals surface area (Å²) in [7, 11) is 0. The molecule has 0 bridgehead atoms. The van der Waals surface area contributed by atoms with Crippen molar-refractivity contribution in [2.75, 3.05) is 37.8 Å². The predicted octanol–water partition coefficient (Wildman–Crippen LogP) is 3.22. The largest absolute Gasteiger partial charge is 0.573 e. The number of halogens is 3. The molecular formula is C21H21F3N2O5. The number of carbonyl (C=O) groups is 2. The van der Waals surface area contributed by atoms with E-state index in [1.165, 1.54) is 40.1 Å². The van der Waals surface area contributed by atoms with Crippen molar-refractivity contribution in [2.45, 2.75) is 12.9 Å². The zero-order valence-electron chi connectivity index (χ0n) is 16.5. The SMILES string of the molecule is O=C(CO)c1ccc(CN(C(=O)N2CCOCC2)c2ccccc2OC(F)(F)F)cc1. The van der Waals surface area contributed by atoms with E-state index in [0.29, 0.717) is 31.9 Å². The summed E-state index contributed by atoms with van der Waals surface area (Å²) >= 11 is 0. The van der Waals surface area contributed by atoms with Gasteiger partial charge < -0.3 is 19.5 Å². The number of ketones is 1. The molecular weight excluding hydrogens is 417 g/mol. The van der Waals surface area contributed by atoms with Gasteiger partial charge in [0.15, 0.2) is 11.5 Å². The maximum Gasteiger partial charge on any atom is 0.573 e. The van der Waals surface area contributed by atoms with Gasteiger partial charge in [-0.3, -0.25) is 9.69 Å². The molecule has 0 saturated carbocycles. The fourth-order valence-corrected chi connectivity index (χ4v) is 3.14. The summed E-state index contributed by atoms with van der Waals surface area (Å²) in [5.41, 5.74) is 0.836. The Kier molecular flexibility index (Phi) is 7.13. The van der Waals surface area contributed by atoms with Crippen molar-refractivity contribution >= 4 is 17.5 Å². The van der Waals surface area contributed by atoms with Crippen molar-refractivity contribution in [2.24, 2.45) is 0 Å². The fraction of sp³-hybridized carbons (Fsp3) is 0.333. The number of hydrogen-bond acceptors (Lipinski definition) is 5. The second-order valence-corrected chi connectivity index (χ2v) is 6.76. The summed E-state index contributed by atoms with van der Waals surface area (Å²) in [4.78, 5) is 27.5. The van der Waals surface area contributed by atoms with Crippen LogP contribution in [0.25, 0.3) is 0 Å². The molecule has 2 aromatic rings. The minimum Gasteiger partial charge on any atom is -0.404 e. The summed E-state index contributed by atoms with van der Waals surface area (Å²) in [5.74, 6) is -0.958. The molecule has 1 aliphatic heterocycles. The Hall–Kier alpha value is -3.11. The van der Waals surface area contributed by atoms with Crippen LogP contribution in [-0.4, -0.2) is 61.1 Å². The normalized spacial score (nSPS) is 14.3. The molecule has 1 N–H and O–H groups in total. The molecule has 0 aliphatic carbocycles. The summed E-state index contributed by atoms with van der Waals surface area (Å²) in [6.45, 7) is 0.588. The number of amides is 2. The second kappa shape index (κ2) is 9.80. The highest BCUT2D eigenvalue weighted by Gasteiger charge is 2.34. The van der Waals surface area contributed by atoms with Crippen molar-refractivity contribution in [3.05, 3.63) is 59.7 Å². The van der Waals surface area contributed by atoms with Gasteiger partial charge in [-0.1, -0.05) is 36.4 Å². The van der Waals surface area contributed by atoms with Gasteiger partial charge in [0.1, 0.15) is 6.61 Å². The van der Waals surface area contributed by atoms with E-state index in [1.807, 2.05) is 0 Å². The first-order valence-corrected chi connectivity index (χ1v) is 9.50. The summed E-state index contributed by atoms with van der Waals surface area (Å²) < 4.78 is 48.1. The topological polar surface area (TPSA) is 79.3 Å². The van der Waals surface area contributed by atoms with Gasteiger partial charge in [0.25, 0.3) is 0 Å². The number of aliphatic hydroxyl groups excluding tert-OH is 1. The van der Waals surface area contributed by atoms with Gasteiger partial charge in [-0.25, -0.2) is 4.79 Å². The van der Waals surface area contributed by atoms with E-state index in [1.54, 1.807) is 12.1 Å². The number of aliphatic hydroxyl groups is 1. The Morgan fingerprint density at radius 1 is 1.06 bits per heavy atom. The third-order valence-electron chi connectivity index (χ3n) is 4.65. The van der Waals surface area contributed by atoms with Gasteiger partial charge >= 0.3 is 12.4 Å². The van der Waals surface area contributed by atoms with Crippen LogP contribution in [0.2, 0.25) is 0 Å². The molecule has 1 heterocycles. The van der Waals surface area contributed by atoms with E-state index >= 15 is 0 Å². The number of morpholine rings is 1. The molecule has 0 atom stereocenters. The van der Waals surface area contributed by atoms with Crippen molar-refractivity contribution in [3.63, 3.8) is 0 Å². The monoisotopic (exact) mass is 438 g/mol. The number of benzene rings is 2. The third kappa shape index (κ3) is 5.96. The van der Waals surface area contributed by atoms with Gasteiger partial charge in [0.2, 0.25) is 0 Å². The highest BCUT2D eigenvalue weighted by Crippen LogP contribution is 2.34. The molecule has 0 aromatic heterocycles. The average Bonchev–Trinajstić information content (AvgIpc) is 2.77. The summed E-state index contributed by atoms with van der Waals surface area (Å²) in [6.07, 6.45) is -4.92. The van der Waals surface area contributed by atoms with Crippen LogP contribution in [0.4, 0.5) is 23.7 Å². The Morgan fingerprint density at radius 3 is 2.32 bits per heavy atom. The molecule has 166 valence electrons. The van der Waals surface area contributed by atoms with E-state index in [4.69, 9.17) is 9.84 Å². The standard InChI is InChI=1S/C21H21F3N2O5/c22-21(23,24)31-19-4-2-1-3-17(19)26(20(29)25-9-11-30-12-10-25)13-15-5-7-16(8-6-15)18(28)14-27/h1-8,27H,9-14H2. The van der Waals surface area contributed by atoms with Crippen LogP contribution in [0.5, 0.6) is 5.75 Å². The lowest BCUT2D eigenvalue weighted by Crippen LogP contribution is -2.48. The maximum absolute atomic E-state index is 13.2. The van der Waals surface area contributed by atoms with Crippen LogP contribution in [0.1, 0.15) is 15.9 Å². The number of alkyl halides is 3. The average molecular weight is 438 g/mol. The van der Waals surface area contributed by atoms with Gasteiger partial charge in [0, 0.05) is 18.7 Å². The molecule has 0 spiro atoms. The number of hydrogen-bond donors (Lipinski definition) is 1. The number of nitrogens with zero attached hydrogens (tertiary/aromatic N) is 2. The Morgan fingerprint density at radius 2 is 1.71 bits per heavy atom. The zero-order valence-corrected chi connectivity index (χ0v) is 16.5. The van der Waals surface area contributed by atoms with Gasteiger partial charge in [-0.05, 0) is 17.7 Å². The van der Waals surface area contributed by atoms with Crippen molar-refractivity contribution in [1.82, 2.24) is 4.90 Å². The molecule has 2 amide bonds. The quantitative estimate of drug-likeness (QED) is 0.701. The highest BCUT2D eigenvalue weighted by atomic mass is 19.4. The minimum atomic E-state index is -4.92. The van der Waals surface area contributed by atoms with E-state index in [-0.39, 0.29) is 17.8 Å². The van der Waals surface area contributed by atoms with Crippen molar-refractivity contribution < 1.29 is 37.3 Å². The predicted molar refractivity (Wildman–Crippen MR) is 105 cm³/mol. The number of carbonyl (C=O) groups excluding carboxylic acids is 2. The van der Waals surface area contributed by atoms with Crippen LogP contribution in [0.15, 0.2) is 48.5 Å². The van der Waals surface area contributed by atoms with Crippen LogP contribution in [-0.2, 0) is 11.3 Å². The molecule has 0 radical (unpaired) electrons. The third-order valence-corrected chi connectivity index (χ3v) is 4.65. The fourth-order valence-electron chi connectivity index (χ4n) is 3.14. The van der Waals surface area contributed by atoms with E-state index in [0.717, 1.165) is 6.07 Å². The first kappa shape index (κ1) is 22.6. The maximum atomic E-state index is 13.2. The van der Waals surface area contributed by atoms with E-state index < -0.39 is 30.5 Å². The molecule has 31 heavy (non-hydrogen) atoms. The molecule has 3 rings (SSSR count). The Bertz CT molecular complexity index is 912. The zero-order chi connectivity index (χ0) is 22.4. The Balaban J connectivity index is 1.94. The minimum absolute atomic E-state index is 0.0353. The lowest BCUT2D eigenvalue weighted by atomic mass is 10.1. The van der Waals surface area contributed by atoms with Gasteiger partial charge in [-0.2, -0.15) is 0 Å². The number of rotatable bonds is 6. The molecule has 2 aromatic carbocycles. The molecule has 10 heteroatoms. The van der Waals surface area contributed by atoms with Crippen LogP contribution in [0.3, 0.4) is 0 Å². The lowest BCUT2D eigenvalue weighted by Gasteiger charge is -2.33. The van der Waals surface area contributed by atoms with Gasteiger partial charge in [0.05, 0.1) is 25.4 Å².